The number of allylic oxidation sites excluding steroid dienone is 3. The standard InChI is InChI=1S/C22H42O2Si/c1-19(2)12-11-13-20(3)15-16-21(18-23)14-9-10-17-24-25(7,8)22(4,5)6/h9-10,12,18,20-21H,11,13-17H2,1-8H3/b10-9+/t20-,21+/m0/s1. The maximum Gasteiger partial charge on any atom is 0.192 e. The summed E-state index contributed by atoms with van der Waals surface area (Å²) in [6.45, 7) is 18.6. The number of carbonyl (C=O) groups is 1. The molecule has 0 radical (unpaired) electrons. The molecule has 0 aliphatic carbocycles. The molecular formula is C22H42O2Si. The summed E-state index contributed by atoms with van der Waals surface area (Å²) in [5, 5.41) is 0.244. The van der Waals surface area contributed by atoms with Crippen LogP contribution in [0.2, 0.25) is 18.1 Å². The largest absolute Gasteiger partial charge is 0.413 e. The van der Waals surface area contributed by atoms with Crippen molar-refractivity contribution in [1.82, 2.24) is 0 Å². The maximum absolute atomic E-state index is 11.3. The third kappa shape index (κ3) is 11.5. The lowest BCUT2D eigenvalue weighted by atomic mass is 9.92. The van der Waals surface area contributed by atoms with Gasteiger partial charge in [0.15, 0.2) is 8.32 Å². The van der Waals surface area contributed by atoms with E-state index in [1.54, 1.807) is 0 Å². The van der Waals surface area contributed by atoms with Crippen LogP contribution in [-0.4, -0.2) is 21.2 Å². The highest BCUT2D eigenvalue weighted by Crippen LogP contribution is 2.36. The summed E-state index contributed by atoms with van der Waals surface area (Å²) in [6.07, 6.45) is 13.0. The molecule has 0 heterocycles. The van der Waals surface area contributed by atoms with E-state index in [9.17, 15) is 4.79 Å². The molecular weight excluding hydrogens is 324 g/mol. The van der Waals surface area contributed by atoms with Crippen LogP contribution in [-0.2, 0) is 9.22 Å². The zero-order valence-corrected chi connectivity index (χ0v) is 19.0. The fourth-order valence-electron chi connectivity index (χ4n) is 2.35. The van der Waals surface area contributed by atoms with Crippen molar-refractivity contribution in [2.45, 2.75) is 91.8 Å². The number of hydrogen-bond donors (Lipinski definition) is 0. The molecule has 2 atom stereocenters. The highest BCUT2D eigenvalue weighted by atomic mass is 28.4. The molecule has 0 aliphatic heterocycles. The van der Waals surface area contributed by atoms with Gasteiger partial charge in [-0.05, 0) is 63.6 Å². The predicted molar refractivity (Wildman–Crippen MR) is 114 cm³/mol. The first kappa shape index (κ1) is 24.3. The minimum atomic E-state index is -1.67. The van der Waals surface area contributed by atoms with Crippen LogP contribution in [0.4, 0.5) is 0 Å². The molecule has 3 heteroatoms. The van der Waals surface area contributed by atoms with Gasteiger partial charge < -0.3 is 9.22 Å². The van der Waals surface area contributed by atoms with Gasteiger partial charge in [0, 0.05) is 5.92 Å². The normalized spacial score (nSPS) is 15.2. The zero-order chi connectivity index (χ0) is 19.5. The van der Waals surface area contributed by atoms with Crippen LogP contribution in [0, 0.1) is 11.8 Å². The molecule has 146 valence electrons. The predicted octanol–water partition coefficient (Wildman–Crippen LogP) is 6.93. The summed E-state index contributed by atoms with van der Waals surface area (Å²) in [4.78, 5) is 11.3. The lowest BCUT2D eigenvalue weighted by molar-refractivity contribution is -0.111. The summed E-state index contributed by atoms with van der Waals surface area (Å²) >= 11 is 0. The minimum Gasteiger partial charge on any atom is -0.413 e. The van der Waals surface area contributed by atoms with Crippen LogP contribution < -0.4 is 0 Å². The van der Waals surface area contributed by atoms with Gasteiger partial charge in [-0.2, -0.15) is 0 Å². The van der Waals surface area contributed by atoms with Gasteiger partial charge in [0.25, 0.3) is 0 Å². The van der Waals surface area contributed by atoms with Gasteiger partial charge in [0.1, 0.15) is 6.29 Å². The van der Waals surface area contributed by atoms with E-state index >= 15 is 0 Å². The lowest BCUT2D eigenvalue weighted by Crippen LogP contribution is -2.40. The van der Waals surface area contributed by atoms with Gasteiger partial charge in [-0.1, -0.05) is 57.9 Å². The van der Waals surface area contributed by atoms with E-state index in [4.69, 9.17) is 4.43 Å². The molecule has 0 saturated heterocycles. The Bertz CT molecular complexity index is 426. The molecule has 0 aromatic carbocycles. The van der Waals surface area contributed by atoms with E-state index in [2.05, 4.69) is 72.9 Å². The molecule has 0 N–H and O–H groups in total. The second kappa shape index (κ2) is 11.8. The Labute approximate surface area is 158 Å². The van der Waals surface area contributed by atoms with Crippen molar-refractivity contribution < 1.29 is 9.22 Å². The average molecular weight is 367 g/mol. The fourth-order valence-corrected chi connectivity index (χ4v) is 3.30. The van der Waals surface area contributed by atoms with Gasteiger partial charge in [0.2, 0.25) is 0 Å². The molecule has 0 unspecified atom stereocenters. The zero-order valence-electron chi connectivity index (χ0n) is 18.0. The molecule has 25 heavy (non-hydrogen) atoms. The van der Waals surface area contributed by atoms with E-state index in [1.807, 2.05) is 0 Å². The van der Waals surface area contributed by atoms with Gasteiger partial charge in [-0.15, -0.1) is 0 Å². The number of rotatable bonds is 12. The van der Waals surface area contributed by atoms with Crippen molar-refractivity contribution in [2.75, 3.05) is 6.61 Å². The number of carbonyl (C=O) groups excluding carboxylic acids is 1. The molecule has 0 spiro atoms. The molecule has 0 bridgehead atoms. The van der Waals surface area contributed by atoms with Crippen molar-refractivity contribution >= 4 is 14.6 Å². The highest BCUT2D eigenvalue weighted by molar-refractivity contribution is 6.74. The summed E-state index contributed by atoms with van der Waals surface area (Å²) in [5.74, 6) is 0.832. The van der Waals surface area contributed by atoms with Crippen molar-refractivity contribution in [3.8, 4) is 0 Å². The van der Waals surface area contributed by atoms with Crippen LogP contribution in [0.25, 0.3) is 0 Å². The molecule has 0 aliphatic rings. The quantitative estimate of drug-likeness (QED) is 0.212. The fraction of sp³-hybridized carbons (Fsp3) is 0.773. The minimum absolute atomic E-state index is 0.148. The highest BCUT2D eigenvalue weighted by Gasteiger charge is 2.36. The Balaban J connectivity index is 4.09. The first-order valence-electron chi connectivity index (χ1n) is 9.87. The van der Waals surface area contributed by atoms with Gasteiger partial charge in [-0.3, -0.25) is 0 Å². The van der Waals surface area contributed by atoms with Crippen LogP contribution in [0.3, 0.4) is 0 Å². The first-order valence-corrected chi connectivity index (χ1v) is 12.8. The smallest absolute Gasteiger partial charge is 0.192 e. The number of hydrogen-bond acceptors (Lipinski definition) is 2. The summed E-state index contributed by atoms with van der Waals surface area (Å²) in [6, 6.07) is 0. The van der Waals surface area contributed by atoms with Crippen molar-refractivity contribution in [3.63, 3.8) is 0 Å². The Morgan fingerprint density at radius 2 is 1.72 bits per heavy atom. The SMILES string of the molecule is CC(C)=CCC[C@H](C)CC[C@H](C=O)C/C=C/CO[Si](C)(C)C(C)(C)C. The Kier molecular flexibility index (Phi) is 11.5. The molecule has 0 saturated carbocycles. The molecule has 0 amide bonds. The second-order valence-corrected chi connectivity index (χ2v) is 14.0. The van der Waals surface area contributed by atoms with Crippen molar-refractivity contribution in [1.29, 1.82) is 0 Å². The topological polar surface area (TPSA) is 26.3 Å². The van der Waals surface area contributed by atoms with Crippen LogP contribution in [0.5, 0.6) is 0 Å². The van der Waals surface area contributed by atoms with Crippen molar-refractivity contribution in [3.05, 3.63) is 23.8 Å². The molecule has 0 aromatic heterocycles. The van der Waals surface area contributed by atoms with Crippen LogP contribution in [0.1, 0.15) is 73.6 Å². The third-order valence-electron chi connectivity index (χ3n) is 5.39. The molecule has 0 fully saturated rings. The van der Waals surface area contributed by atoms with Gasteiger partial charge in [-0.25, -0.2) is 0 Å². The van der Waals surface area contributed by atoms with E-state index in [-0.39, 0.29) is 11.0 Å². The molecule has 0 aromatic rings. The van der Waals surface area contributed by atoms with E-state index in [1.165, 1.54) is 12.0 Å². The van der Waals surface area contributed by atoms with E-state index < -0.39 is 8.32 Å². The third-order valence-corrected chi connectivity index (χ3v) is 9.89. The monoisotopic (exact) mass is 366 g/mol. The second-order valence-electron chi connectivity index (χ2n) is 9.22. The first-order chi connectivity index (χ1) is 11.5. The van der Waals surface area contributed by atoms with Gasteiger partial charge in [0.05, 0.1) is 6.61 Å². The summed E-state index contributed by atoms with van der Waals surface area (Å²) in [7, 11) is -1.67. The van der Waals surface area contributed by atoms with Crippen LogP contribution in [0.15, 0.2) is 23.8 Å². The van der Waals surface area contributed by atoms with Crippen LogP contribution >= 0.6 is 0 Å². The van der Waals surface area contributed by atoms with Crippen molar-refractivity contribution in [2.24, 2.45) is 11.8 Å². The molecule has 0 rings (SSSR count). The maximum atomic E-state index is 11.3. The molecule has 2 nitrogen and oxygen atoms in total. The summed E-state index contributed by atoms with van der Waals surface area (Å²) in [5.41, 5.74) is 1.39. The summed E-state index contributed by atoms with van der Waals surface area (Å²) < 4.78 is 6.13. The lowest BCUT2D eigenvalue weighted by Gasteiger charge is -2.35. The van der Waals surface area contributed by atoms with Gasteiger partial charge >= 0.3 is 0 Å². The Morgan fingerprint density at radius 3 is 2.24 bits per heavy atom. The van der Waals surface area contributed by atoms with E-state index in [0.717, 1.165) is 32.0 Å². The number of aldehydes is 1. The Morgan fingerprint density at radius 1 is 1.08 bits per heavy atom. The average Bonchev–Trinajstić information content (AvgIpc) is 2.48. The van der Waals surface area contributed by atoms with E-state index in [0.29, 0.717) is 12.5 Å². The Hall–Kier alpha value is -0.673.